The number of hydrogen-bond acceptors (Lipinski definition) is 5. The second-order valence-corrected chi connectivity index (χ2v) is 7.69. The number of nitrogens with one attached hydrogen (secondary N) is 1. The molecule has 0 radical (unpaired) electrons. The lowest BCUT2D eigenvalue weighted by Crippen LogP contribution is -2.57. The van der Waals surface area contributed by atoms with Crippen molar-refractivity contribution in [3.05, 3.63) is 63.1 Å². The number of hydrogen-bond donors (Lipinski definition) is 2. The van der Waals surface area contributed by atoms with Crippen molar-refractivity contribution in [1.82, 2.24) is 14.9 Å². The van der Waals surface area contributed by atoms with Crippen LogP contribution in [0.3, 0.4) is 0 Å². The maximum Gasteiger partial charge on any atom is 0.277 e. The highest BCUT2D eigenvalue weighted by Gasteiger charge is 2.43. The van der Waals surface area contributed by atoms with E-state index in [1.54, 1.807) is 7.05 Å². The van der Waals surface area contributed by atoms with Gasteiger partial charge in [0.05, 0.1) is 0 Å². The number of rotatable bonds is 3. The predicted octanol–water partition coefficient (Wildman–Crippen LogP) is 1.15. The molecular formula is C20H20F2N4O4. The smallest absolute Gasteiger partial charge is 0.277 e. The molecule has 30 heavy (non-hydrogen) atoms. The number of nitrogens with zero attached hydrogens (tertiary/aromatic N) is 3. The van der Waals surface area contributed by atoms with Gasteiger partial charge in [0.25, 0.3) is 11.8 Å². The average Bonchev–Trinajstić information content (AvgIpc) is 3.09. The molecule has 2 amide bonds. The summed E-state index contributed by atoms with van der Waals surface area (Å²) in [6.07, 6.45) is 1.68. The summed E-state index contributed by atoms with van der Waals surface area (Å²) in [5.41, 5.74) is -1.54. The summed E-state index contributed by atoms with van der Waals surface area (Å²) in [6.45, 7) is 2.31. The van der Waals surface area contributed by atoms with Crippen molar-refractivity contribution in [3.63, 3.8) is 0 Å². The Bertz CT molecular complexity index is 1120. The van der Waals surface area contributed by atoms with Crippen molar-refractivity contribution in [2.45, 2.75) is 26.1 Å². The van der Waals surface area contributed by atoms with Crippen molar-refractivity contribution in [1.29, 1.82) is 0 Å². The molecule has 158 valence electrons. The van der Waals surface area contributed by atoms with Crippen molar-refractivity contribution in [2.75, 3.05) is 18.6 Å². The Morgan fingerprint density at radius 1 is 1.30 bits per heavy atom. The molecule has 2 aliphatic rings. The minimum absolute atomic E-state index is 0.0391. The van der Waals surface area contributed by atoms with Crippen LogP contribution in [-0.4, -0.2) is 46.3 Å². The standard InChI is InChI=1S/C20H20F2N4O4/c1-10-5-15-24(2)20(30)16-18(28)17(27)13(9-26(16)25(15)8-10)19(29)23-7-11-3-4-12(21)6-14(11)22/h3-4,6,9-10,15,28H,5,7-8H2,1-2H3,(H,23,29)/t10-,15-/m0/s1. The first-order chi connectivity index (χ1) is 14.2. The third kappa shape index (κ3) is 3.08. The first-order valence-electron chi connectivity index (χ1n) is 9.44. The van der Waals surface area contributed by atoms with E-state index in [1.165, 1.54) is 21.8 Å². The minimum Gasteiger partial charge on any atom is -0.502 e. The summed E-state index contributed by atoms with van der Waals surface area (Å²) < 4.78 is 28.2. The van der Waals surface area contributed by atoms with Gasteiger partial charge in [-0.2, -0.15) is 0 Å². The van der Waals surface area contributed by atoms with Gasteiger partial charge in [0.15, 0.2) is 11.4 Å². The third-order valence-electron chi connectivity index (χ3n) is 5.57. The lowest BCUT2D eigenvalue weighted by atomic mass is 10.1. The van der Waals surface area contributed by atoms with Gasteiger partial charge in [-0.05, 0) is 18.4 Å². The molecule has 0 aliphatic carbocycles. The van der Waals surface area contributed by atoms with Gasteiger partial charge in [-0.25, -0.2) is 8.78 Å². The van der Waals surface area contributed by atoms with Crippen LogP contribution in [-0.2, 0) is 6.54 Å². The third-order valence-corrected chi connectivity index (χ3v) is 5.57. The van der Waals surface area contributed by atoms with Crippen molar-refractivity contribution >= 4 is 11.8 Å². The summed E-state index contributed by atoms with van der Waals surface area (Å²) in [5.74, 6) is -3.49. The lowest BCUT2D eigenvalue weighted by Gasteiger charge is -2.41. The number of benzene rings is 1. The Kier molecular flexibility index (Phi) is 4.71. The molecule has 8 nitrogen and oxygen atoms in total. The average molecular weight is 418 g/mol. The van der Waals surface area contributed by atoms with E-state index in [1.807, 2.05) is 11.9 Å². The van der Waals surface area contributed by atoms with Crippen LogP contribution >= 0.6 is 0 Å². The molecule has 0 saturated carbocycles. The van der Waals surface area contributed by atoms with Crippen LogP contribution in [0.4, 0.5) is 8.78 Å². The molecule has 2 aliphatic heterocycles. The summed E-state index contributed by atoms with van der Waals surface area (Å²) >= 11 is 0. The fourth-order valence-electron chi connectivity index (χ4n) is 3.98. The lowest BCUT2D eigenvalue weighted by molar-refractivity contribution is 0.0653. The van der Waals surface area contributed by atoms with Gasteiger partial charge in [-0.15, -0.1) is 0 Å². The van der Waals surface area contributed by atoms with E-state index < -0.39 is 34.6 Å². The zero-order chi connectivity index (χ0) is 21.7. The zero-order valence-electron chi connectivity index (χ0n) is 16.4. The molecule has 1 saturated heterocycles. The highest BCUT2D eigenvalue weighted by molar-refractivity contribution is 5.99. The molecule has 1 aromatic heterocycles. The largest absolute Gasteiger partial charge is 0.502 e. The van der Waals surface area contributed by atoms with Crippen LogP contribution in [0.25, 0.3) is 0 Å². The van der Waals surface area contributed by atoms with Crippen molar-refractivity contribution < 1.29 is 23.5 Å². The SMILES string of the molecule is C[C@H]1C[C@H]2N(C)C(=O)c3c(O)c(=O)c(C(=O)NCc4ccc(F)cc4F)cn3N2C1. The van der Waals surface area contributed by atoms with Crippen molar-refractivity contribution in [3.8, 4) is 5.75 Å². The normalized spacial score (nSPS) is 20.2. The van der Waals surface area contributed by atoms with E-state index in [-0.39, 0.29) is 35.4 Å². The van der Waals surface area contributed by atoms with Crippen molar-refractivity contribution in [2.24, 2.45) is 5.92 Å². The fraction of sp³-hybridized carbons (Fsp3) is 0.350. The van der Waals surface area contributed by atoms with Crippen LogP contribution in [0.5, 0.6) is 5.75 Å². The number of aromatic hydroxyl groups is 1. The number of pyridine rings is 1. The number of carbonyl (C=O) groups is 2. The maximum atomic E-state index is 13.8. The number of amides is 2. The second-order valence-electron chi connectivity index (χ2n) is 7.69. The van der Waals surface area contributed by atoms with Gasteiger partial charge >= 0.3 is 0 Å². The molecule has 1 fully saturated rings. The highest BCUT2D eigenvalue weighted by Crippen LogP contribution is 2.31. The quantitative estimate of drug-likeness (QED) is 0.780. The maximum absolute atomic E-state index is 13.8. The Morgan fingerprint density at radius 3 is 2.73 bits per heavy atom. The highest BCUT2D eigenvalue weighted by atomic mass is 19.1. The first-order valence-corrected chi connectivity index (χ1v) is 9.44. The molecule has 3 heterocycles. The Morgan fingerprint density at radius 2 is 2.03 bits per heavy atom. The summed E-state index contributed by atoms with van der Waals surface area (Å²) in [7, 11) is 1.60. The van der Waals surface area contributed by atoms with E-state index in [0.717, 1.165) is 6.07 Å². The molecule has 0 spiro atoms. The Balaban J connectivity index is 1.68. The molecule has 0 bridgehead atoms. The summed E-state index contributed by atoms with van der Waals surface area (Å²) in [6, 6.07) is 2.94. The molecular weight excluding hydrogens is 398 g/mol. The molecule has 2 N–H and O–H groups in total. The molecule has 2 aromatic rings. The van der Waals surface area contributed by atoms with Crippen LogP contribution in [0.1, 0.15) is 39.8 Å². The van der Waals surface area contributed by atoms with Gasteiger partial charge in [-0.3, -0.25) is 24.1 Å². The number of aromatic nitrogens is 1. The summed E-state index contributed by atoms with van der Waals surface area (Å²) in [5, 5.41) is 14.6. The van der Waals surface area contributed by atoms with Gasteiger partial charge in [-0.1, -0.05) is 13.0 Å². The van der Waals surface area contributed by atoms with Gasteiger partial charge < -0.3 is 15.3 Å². The van der Waals surface area contributed by atoms with Crippen LogP contribution in [0, 0.1) is 17.6 Å². The monoisotopic (exact) mass is 418 g/mol. The number of fused-ring (bicyclic) bond motifs is 3. The minimum atomic E-state index is -0.995. The van der Waals surface area contributed by atoms with Gasteiger partial charge in [0.1, 0.15) is 23.4 Å². The van der Waals surface area contributed by atoms with E-state index in [4.69, 9.17) is 0 Å². The van der Waals surface area contributed by atoms with E-state index >= 15 is 0 Å². The number of carbonyl (C=O) groups excluding carboxylic acids is 2. The molecule has 1 aromatic carbocycles. The number of halogens is 2. The molecule has 2 atom stereocenters. The van der Waals surface area contributed by atoms with E-state index in [9.17, 15) is 28.3 Å². The molecule has 10 heteroatoms. The first kappa shape index (κ1) is 19.9. The van der Waals surface area contributed by atoms with Crippen LogP contribution in [0.2, 0.25) is 0 Å². The predicted molar refractivity (Wildman–Crippen MR) is 103 cm³/mol. The zero-order valence-corrected chi connectivity index (χ0v) is 16.4. The van der Waals surface area contributed by atoms with Gasteiger partial charge in [0, 0.05) is 38.0 Å². The topological polar surface area (TPSA) is 94.9 Å². The summed E-state index contributed by atoms with van der Waals surface area (Å²) in [4.78, 5) is 39.4. The Labute approximate surface area is 170 Å². The second kappa shape index (κ2) is 7.12. The Hall–Kier alpha value is -3.43. The van der Waals surface area contributed by atoms with Crippen LogP contribution < -0.4 is 15.8 Å². The fourth-order valence-corrected chi connectivity index (χ4v) is 3.98. The van der Waals surface area contributed by atoms with E-state index in [0.29, 0.717) is 19.0 Å². The van der Waals surface area contributed by atoms with Gasteiger partial charge in [0.2, 0.25) is 5.43 Å². The molecule has 0 unspecified atom stereocenters. The molecule has 4 rings (SSSR count). The van der Waals surface area contributed by atoms with E-state index in [2.05, 4.69) is 5.32 Å². The van der Waals surface area contributed by atoms with Crippen LogP contribution in [0.15, 0.2) is 29.2 Å².